The van der Waals surface area contributed by atoms with Crippen molar-refractivity contribution >= 4 is 17.7 Å². The molecule has 1 saturated heterocycles. The Balaban J connectivity index is 1.25. The summed E-state index contributed by atoms with van der Waals surface area (Å²) in [4.78, 5) is 16.2. The van der Waals surface area contributed by atoms with Gasteiger partial charge in [0.05, 0.1) is 0 Å². The summed E-state index contributed by atoms with van der Waals surface area (Å²) < 4.78 is 6.54. The van der Waals surface area contributed by atoms with Gasteiger partial charge in [0.15, 0.2) is 0 Å². The first-order chi connectivity index (χ1) is 20.6. The van der Waals surface area contributed by atoms with Crippen LogP contribution in [0.4, 0.5) is 5.69 Å². The summed E-state index contributed by atoms with van der Waals surface area (Å²) in [5.74, 6) is 0.663. The number of likely N-dealkylation sites (tertiary alicyclic amines) is 1. The summed E-state index contributed by atoms with van der Waals surface area (Å²) in [5, 5.41) is 3.16. The van der Waals surface area contributed by atoms with Gasteiger partial charge in [-0.2, -0.15) is 0 Å². The van der Waals surface area contributed by atoms with Crippen LogP contribution in [0.1, 0.15) is 54.0 Å². The minimum atomic E-state index is -0.269. The van der Waals surface area contributed by atoms with E-state index >= 15 is 0 Å². The van der Waals surface area contributed by atoms with Crippen molar-refractivity contribution in [2.24, 2.45) is 5.73 Å². The van der Waals surface area contributed by atoms with Gasteiger partial charge in [0.2, 0.25) is 0 Å². The highest BCUT2D eigenvalue weighted by atomic mass is 16.5. The number of rotatable bonds is 7. The number of piperidine rings is 1. The van der Waals surface area contributed by atoms with Crippen molar-refractivity contribution in [3.63, 3.8) is 0 Å². The molecule has 2 atom stereocenters. The number of ether oxygens (including phenoxy) is 1. The molecule has 0 saturated carbocycles. The average molecular weight is 558 g/mol. The number of nitrogens with one attached hydrogen (secondary N) is 1. The second-order valence-corrected chi connectivity index (χ2v) is 11.5. The first-order valence-electron chi connectivity index (χ1n) is 15.0. The van der Waals surface area contributed by atoms with Gasteiger partial charge >= 0.3 is 0 Å². The summed E-state index contributed by atoms with van der Waals surface area (Å²) in [6, 6.07) is 33.5. The highest BCUT2D eigenvalue weighted by Crippen LogP contribution is 2.38. The third kappa shape index (κ3) is 6.48. The number of nitrogens with zero attached hydrogens (tertiary/aromatic N) is 1. The van der Waals surface area contributed by atoms with E-state index < -0.39 is 0 Å². The van der Waals surface area contributed by atoms with Gasteiger partial charge in [-0.05, 0) is 91.0 Å². The van der Waals surface area contributed by atoms with Crippen LogP contribution < -0.4 is 15.8 Å². The lowest BCUT2D eigenvalue weighted by molar-refractivity contribution is -0.113. The summed E-state index contributed by atoms with van der Waals surface area (Å²) in [6.45, 7) is 1.69. The SMILES string of the molecule is CN1CCCCC1Cc1ccc(NC(=O)C2=Cc3cc(-c4ccc(CN)cc4)ccc3OC(c3ccccc3)C2)cc1. The zero-order chi connectivity index (χ0) is 28.9. The van der Waals surface area contributed by atoms with Crippen molar-refractivity contribution in [2.45, 2.75) is 50.8 Å². The molecule has 0 aliphatic carbocycles. The average Bonchev–Trinajstić information content (AvgIpc) is 3.23. The third-order valence-corrected chi connectivity index (χ3v) is 8.60. The van der Waals surface area contributed by atoms with E-state index in [-0.39, 0.29) is 12.0 Å². The number of hydrogen-bond acceptors (Lipinski definition) is 4. The molecule has 4 aromatic carbocycles. The lowest BCUT2D eigenvalue weighted by Crippen LogP contribution is -2.37. The molecule has 1 amide bonds. The van der Waals surface area contributed by atoms with Crippen LogP contribution in [0.3, 0.4) is 0 Å². The van der Waals surface area contributed by atoms with Crippen molar-refractivity contribution in [2.75, 3.05) is 18.9 Å². The Bertz CT molecular complexity index is 1540. The van der Waals surface area contributed by atoms with E-state index in [1.165, 1.54) is 31.4 Å². The van der Waals surface area contributed by atoms with Crippen LogP contribution in [0.15, 0.2) is 103 Å². The predicted octanol–water partition coefficient (Wildman–Crippen LogP) is 7.39. The molecule has 214 valence electrons. The number of anilines is 1. The Morgan fingerprint density at radius 1 is 0.905 bits per heavy atom. The molecule has 2 unspecified atom stereocenters. The van der Waals surface area contributed by atoms with Crippen molar-refractivity contribution in [1.29, 1.82) is 0 Å². The zero-order valence-corrected chi connectivity index (χ0v) is 24.3. The molecule has 0 spiro atoms. The Morgan fingerprint density at radius 3 is 2.38 bits per heavy atom. The summed E-state index contributed by atoms with van der Waals surface area (Å²) in [5.41, 5.74) is 13.8. The molecule has 42 heavy (non-hydrogen) atoms. The maximum Gasteiger partial charge on any atom is 0.251 e. The molecule has 2 heterocycles. The van der Waals surface area contributed by atoms with E-state index in [1.54, 1.807) is 0 Å². The van der Waals surface area contributed by atoms with Crippen molar-refractivity contribution in [3.8, 4) is 16.9 Å². The third-order valence-electron chi connectivity index (χ3n) is 8.60. The summed E-state index contributed by atoms with van der Waals surface area (Å²) in [7, 11) is 2.23. The Hall–Kier alpha value is -4.19. The monoisotopic (exact) mass is 557 g/mol. The largest absolute Gasteiger partial charge is 0.485 e. The highest BCUT2D eigenvalue weighted by Gasteiger charge is 2.25. The van der Waals surface area contributed by atoms with Gasteiger partial charge in [-0.25, -0.2) is 0 Å². The molecule has 5 heteroatoms. The molecule has 5 nitrogen and oxygen atoms in total. The summed E-state index contributed by atoms with van der Waals surface area (Å²) in [6.07, 6.45) is 7.06. The number of amides is 1. The number of hydrogen-bond donors (Lipinski definition) is 2. The standard InChI is InChI=1S/C37H39N3O2/c1-40-20-6-5-9-34(40)21-26-12-17-33(18-13-26)39-37(41)32-23-31-22-30(28-14-10-27(25-38)11-15-28)16-19-35(31)42-36(24-32)29-7-3-2-4-8-29/h2-4,7-8,10-19,22-23,34,36H,5-6,9,20-21,24-25,38H2,1H3,(H,39,41). The van der Waals surface area contributed by atoms with Crippen LogP contribution in [0.5, 0.6) is 5.75 Å². The van der Waals surface area contributed by atoms with Gasteiger partial charge < -0.3 is 20.7 Å². The number of carbonyl (C=O) groups is 1. The van der Waals surface area contributed by atoms with Gasteiger partial charge in [-0.15, -0.1) is 0 Å². The fourth-order valence-electron chi connectivity index (χ4n) is 6.04. The normalized spacial score (nSPS) is 18.8. The van der Waals surface area contributed by atoms with Crippen LogP contribution in [-0.4, -0.2) is 30.4 Å². The van der Waals surface area contributed by atoms with E-state index in [1.807, 2.05) is 42.5 Å². The van der Waals surface area contributed by atoms with Gasteiger partial charge in [-0.3, -0.25) is 4.79 Å². The molecule has 0 bridgehead atoms. The lowest BCUT2D eigenvalue weighted by atomic mass is 9.96. The molecular weight excluding hydrogens is 518 g/mol. The number of fused-ring (bicyclic) bond motifs is 1. The van der Waals surface area contributed by atoms with Crippen LogP contribution in [0.2, 0.25) is 0 Å². The second-order valence-electron chi connectivity index (χ2n) is 11.5. The lowest BCUT2D eigenvalue weighted by Gasteiger charge is -2.32. The quantitative estimate of drug-likeness (QED) is 0.249. The second kappa shape index (κ2) is 12.8. The highest BCUT2D eigenvalue weighted by molar-refractivity contribution is 6.07. The van der Waals surface area contributed by atoms with Gasteiger partial charge in [0, 0.05) is 35.8 Å². The molecule has 0 radical (unpaired) electrons. The van der Waals surface area contributed by atoms with Gasteiger partial charge in [0.25, 0.3) is 5.91 Å². The minimum absolute atomic E-state index is 0.107. The van der Waals surface area contributed by atoms with Crippen LogP contribution in [0.25, 0.3) is 17.2 Å². The van der Waals surface area contributed by atoms with Crippen LogP contribution >= 0.6 is 0 Å². The number of likely N-dealkylation sites (N-methyl/N-ethyl adjacent to an activating group) is 1. The summed E-state index contributed by atoms with van der Waals surface area (Å²) >= 11 is 0. The van der Waals surface area contributed by atoms with Crippen LogP contribution in [-0.2, 0) is 17.8 Å². The fourth-order valence-corrected chi connectivity index (χ4v) is 6.04. The number of carbonyl (C=O) groups excluding carboxylic acids is 1. The predicted molar refractivity (Wildman–Crippen MR) is 171 cm³/mol. The fraction of sp³-hybridized carbons (Fsp3) is 0.270. The zero-order valence-electron chi connectivity index (χ0n) is 24.3. The number of nitrogens with two attached hydrogens (primary N) is 1. The van der Waals surface area contributed by atoms with Crippen LogP contribution in [0, 0.1) is 0 Å². The molecule has 3 N–H and O–H groups in total. The smallest absolute Gasteiger partial charge is 0.251 e. The molecular formula is C37H39N3O2. The van der Waals surface area contributed by atoms with Gasteiger partial charge in [-0.1, -0.05) is 79.2 Å². The van der Waals surface area contributed by atoms with E-state index in [4.69, 9.17) is 10.5 Å². The van der Waals surface area contributed by atoms with E-state index in [2.05, 4.69) is 77.9 Å². The maximum atomic E-state index is 13.7. The molecule has 0 aromatic heterocycles. The van der Waals surface area contributed by atoms with E-state index in [0.717, 1.165) is 45.7 Å². The minimum Gasteiger partial charge on any atom is -0.485 e. The Morgan fingerprint density at radius 2 is 1.64 bits per heavy atom. The first kappa shape index (κ1) is 28.0. The molecule has 4 aromatic rings. The van der Waals surface area contributed by atoms with Crippen molar-refractivity contribution in [3.05, 3.63) is 125 Å². The van der Waals surface area contributed by atoms with Gasteiger partial charge in [0.1, 0.15) is 11.9 Å². The maximum absolute atomic E-state index is 13.7. The Labute approximate surface area is 249 Å². The topological polar surface area (TPSA) is 67.6 Å². The molecule has 2 aliphatic heterocycles. The molecule has 6 rings (SSSR count). The van der Waals surface area contributed by atoms with E-state index in [9.17, 15) is 4.79 Å². The molecule has 2 aliphatic rings. The Kier molecular flexibility index (Phi) is 8.50. The first-order valence-corrected chi connectivity index (χ1v) is 15.0. The molecule has 1 fully saturated rings. The van der Waals surface area contributed by atoms with Crippen molar-refractivity contribution in [1.82, 2.24) is 4.90 Å². The van der Waals surface area contributed by atoms with Crippen molar-refractivity contribution < 1.29 is 9.53 Å². The van der Waals surface area contributed by atoms with E-state index in [0.29, 0.717) is 24.6 Å². The number of benzene rings is 4.